The molecular formula is C15H14FN3O2S. The van der Waals surface area contributed by atoms with E-state index in [1.165, 1.54) is 6.08 Å². The highest BCUT2D eigenvalue weighted by Crippen LogP contribution is 2.14. The van der Waals surface area contributed by atoms with E-state index in [1.54, 1.807) is 0 Å². The van der Waals surface area contributed by atoms with Crippen molar-refractivity contribution in [1.82, 2.24) is 9.97 Å². The van der Waals surface area contributed by atoms with Crippen LogP contribution in [-0.2, 0) is 11.3 Å². The number of hydrogen-bond donors (Lipinski definition) is 1. The molecule has 0 aliphatic heterocycles. The summed E-state index contributed by atoms with van der Waals surface area (Å²) >= 11 is 4.90. The molecule has 0 aliphatic rings. The van der Waals surface area contributed by atoms with Crippen LogP contribution in [0.15, 0.2) is 49.2 Å². The predicted octanol–water partition coefficient (Wildman–Crippen LogP) is 3.09. The molecule has 22 heavy (non-hydrogen) atoms. The molecule has 0 atom stereocenters. The number of thiocarbonyl (C=S) groups is 1. The van der Waals surface area contributed by atoms with Gasteiger partial charge in [-0.1, -0.05) is 43.0 Å². The van der Waals surface area contributed by atoms with E-state index in [0.717, 1.165) is 11.8 Å². The highest BCUT2D eigenvalue weighted by molar-refractivity contribution is 7.80. The lowest BCUT2D eigenvalue weighted by Gasteiger charge is -2.09. The van der Waals surface area contributed by atoms with E-state index in [4.69, 9.17) is 21.7 Å². The van der Waals surface area contributed by atoms with Gasteiger partial charge in [-0.3, -0.25) is 5.32 Å². The lowest BCUT2D eigenvalue weighted by Crippen LogP contribution is -2.16. The van der Waals surface area contributed by atoms with Crippen molar-refractivity contribution in [2.75, 3.05) is 11.9 Å². The number of rotatable bonds is 6. The molecule has 2 rings (SSSR count). The molecule has 1 heterocycles. The number of nitrogens with one attached hydrogen (secondary N) is 1. The molecule has 0 amide bonds. The summed E-state index contributed by atoms with van der Waals surface area (Å²) in [6.45, 7) is 3.99. The maximum Gasteiger partial charge on any atom is 0.318 e. The second kappa shape index (κ2) is 8.04. The van der Waals surface area contributed by atoms with Crippen LogP contribution in [0.4, 0.5) is 10.2 Å². The Hall–Kier alpha value is -2.54. The summed E-state index contributed by atoms with van der Waals surface area (Å²) in [6, 6.07) is 9.55. The number of ether oxygens (including phenoxy) is 2. The van der Waals surface area contributed by atoms with Gasteiger partial charge in [-0.25, -0.2) is 9.37 Å². The molecular weight excluding hydrogens is 305 g/mol. The van der Waals surface area contributed by atoms with Crippen molar-refractivity contribution in [3.05, 3.63) is 60.6 Å². The Labute approximate surface area is 132 Å². The Morgan fingerprint density at radius 3 is 2.86 bits per heavy atom. The van der Waals surface area contributed by atoms with Crippen molar-refractivity contribution in [2.45, 2.75) is 6.61 Å². The summed E-state index contributed by atoms with van der Waals surface area (Å²) in [4.78, 5) is 7.70. The zero-order chi connectivity index (χ0) is 15.8. The van der Waals surface area contributed by atoms with Crippen molar-refractivity contribution in [1.29, 1.82) is 0 Å². The van der Waals surface area contributed by atoms with Crippen molar-refractivity contribution in [2.24, 2.45) is 0 Å². The van der Waals surface area contributed by atoms with Gasteiger partial charge in [0.2, 0.25) is 0 Å². The maximum atomic E-state index is 13.6. The predicted molar refractivity (Wildman–Crippen MR) is 85.1 cm³/mol. The molecule has 0 saturated heterocycles. The minimum Gasteiger partial charge on any atom is -0.467 e. The SMILES string of the molecule is C=CCOC(=S)Nc1nc(OCc2ccccc2)ncc1F. The van der Waals surface area contributed by atoms with Crippen LogP contribution >= 0.6 is 12.2 Å². The molecule has 0 radical (unpaired) electrons. The monoisotopic (exact) mass is 319 g/mol. The van der Waals surface area contributed by atoms with Gasteiger partial charge in [-0.2, -0.15) is 4.98 Å². The van der Waals surface area contributed by atoms with Crippen LogP contribution in [0.25, 0.3) is 0 Å². The Balaban J connectivity index is 2.00. The van der Waals surface area contributed by atoms with Crippen molar-refractivity contribution < 1.29 is 13.9 Å². The molecule has 114 valence electrons. The van der Waals surface area contributed by atoms with E-state index >= 15 is 0 Å². The molecule has 1 aromatic heterocycles. The van der Waals surface area contributed by atoms with Crippen LogP contribution in [0, 0.1) is 5.82 Å². The van der Waals surface area contributed by atoms with Crippen molar-refractivity contribution in [3.8, 4) is 6.01 Å². The highest BCUT2D eigenvalue weighted by Gasteiger charge is 2.10. The molecule has 0 spiro atoms. The number of anilines is 1. The second-order valence-corrected chi connectivity index (χ2v) is 4.51. The standard InChI is InChI=1S/C15H14FN3O2S/c1-2-8-20-15(22)19-13-12(16)9-17-14(18-13)21-10-11-6-4-3-5-7-11/h2-7,9H,1,8,10H2,(H,17,18,19,22). The van der Waals surface area contributed by atoms with Crippen LogP contribution in [0.2, 0.25) is 0 Å². The van der Waals surface area contributed by atoms with E-state index in [0.29, 0.717) is 0 Å². The summed E-state index contributed by atoms with van der Waals surface area (Å²) < 4.78 is 24.1. The van der Waals surface area contributed by atoms with Crippen LogP contribution in [0.3, 0.4) is 0 Å². The Bertz CT molecular complexity index is 652. The normalized spacial score (nSPS) is 9.86. The zero-order valence-electron chi connectivity index (χ0n) is 11.7. The topological polar surface area (TPSA) is 56.3 Å². The van der Waals surface area contributed by atoms with E-state index in [-0.39, 0.29) is 30.2 Å². The lowest BCUT2D eigenvalue weighted by molar-refractivity contribution is 0.280. The summed E-state index contributed by atoms with van der Waals surface area (Å²) in [6.07, 6.45) is 2.53. The lowest BCUT2D eigenvalue weighted by atomic mass is 10.2. The summed E-state index contributed by atoms with van der Waals surface area (Å²) in [5.41, 5.74) is 0.953. The molecule has 2 aromatic rings. The first-order chi connectivity index (χ1) is 10.7. The smallest absolute Gasteiger partial charge is 0.318 e. The van der Waals surface area contributed by atoms with E-state index < -0.39 is 5.82 Å². The Morgan fingerprint density at radius 1 is 1.36 bits per heavy atom. The van der Waals surface area contributed by atoms with Gasteiger partial charge in [0, 0.05) is 0 Å². The first-order valence-electron chi connectivity index (χ1n) is 6.43. The molecule has 0 fully saturated rings. The number of aromatic nitrogens is 2. The van der Waals surface area contributed by atoms with E-state index in [2.05, 4.69) is 21.9 Å². The molecule has 0 bridgehead atoms. The fraction of sp³-hybridized carbons (Fsp3) is 0.133. The average Bonchev–Trinajstić information content (AvgIpc) is 2.54. The van der Waals surface area contributed by atoms with Crippen molar-refractivity contribution >= 4 is 23.2 Å². The van der Waals surface area contributed by atoms with Gasteiger partial charge < -0.3 is 9.47 Å². The molecule has 1 aromatic carbocycles. The van der Waals surface area contributed by atoms with E-state index in [9.17, 15) is 4.39 Å². The van der Waals surface area contributed by atoms with Crippen LogP contribution in [0.5, 0.6) is 6.01 Å². The van der Waals surface area contributed by atoms with Gasteiger partial charge in [0.1, 0.15) is 13.2 Å². The fourth-order valence-electron chi connectivity index (χ4n) is 1.50. The summed E-state index contributed by atoms with van der Waals surface area (Å²) in [5.74, 6) is -0.760. The fourth-order valence-corrected chi connectivity index (χ4v) is 1.66. The Morgan fingerprint density at radius 2 is 2.14 bits per heavy atom. The number of nitrogens with zero attached hydrogens (tertiary/aromatic N) is 2. The maximum absolute atomic E-state index is 13.6. The van der Waals surface area contributed by atoms with Gasteiger partial charge in [0.25, 0.3) is 5.17 Å². The summed E-state index contributed by atoms with van der Waals surface area (Å²) in [7, 11) is 0. The molecule has 0 aliphatic carbocycles. The molecule has 1 N–H and O–H groups in total. The minimum atomic E-state index is -0.656. The van der Waals surface area contributed by atoms with Crippen LogP contribution in [0.1, 0.15) is 5.56 Å². The van der Waals surface area contributed by atoms with Crippen LogP contribution in [-0.4, -0.2) is 21.7 Å². The molecule has 7 heteroatoms. The van der Waals surface area contributed by atoms with Crippen molar-refractivity contribution in [3.63, 3.8) is 0 Å². The number of halogens is 1. The third-order valence-electron chi connectivity index (χ3n) is 2.49. The number of benzene rings is 1. The third kappa shape index (κ3) is 4.78. The van der Waals surface area contributed by atoms with Crippen LogP contribution < -0.4 is 10.1 Å². The molecule has 0 unspecified atom stereocenters. The number of hydrogen-bond acceptors (Lipinski definition) is 5. The largest absolute Gasteiger partial charge is 0.467 e. The average molecular weight is 319 g/mol. The minimum absolute atomic E-state index is 0.00786. The van der Waals surface area contributed by atoms with Gasteiger partial charge in [-0.15, -0.1) is 0 Å². The quantitative estimate of drug-likeness (QED) is 0.652. The van der Waals surface area contributed by atoms with Gasteiger partial charge in [0.15, 0.2) is 11.6 Å². The molecule has 0 saturated carbocycles. The second-order valence-electron chi connectivity index (χ2n) is 4.14. The summed E-state index contributed by atoms with van der Waals surface area (Å²) in [5, 5.41) is 2.53. The first-order valence-corrected chi connectivity index (χ1v) is 6.84. The highest BCUT2D eigenvalue weighted by atomic mass is 32.1. The van der Waals surface area contributed by atoms with E-state index in [1.807, 2.05) is 30.3 Å². The zero-order valence-corrected chi connectivity index (χ0v) is 12.5. The third-order valence-corrected chi connectivity index (χ3v) is 2.71. The van der Waals surface area contributed by atoms with Gasteiger partial charge >= 0.3 is 6.01 Å². The van der Waals surface area contributed by atoms with Gasteiger partial charge in [-0.05, 0) is 17.8 Å². The van der Waals surface area contributed by atoms with Gasteiger partial charge in [0.05, 0.1) is 6.20 Å². The first kappa shape index (κ1) is 15.8. The Kier molecular flexibility index (Phi) is 5.79. The molecule has 5 nitrogen and oxygen atoms in total.